The van der Waals surface area contributed by atoms with Crippen molar-refractivity contribution in [2.75, 3.05) is 0 Å². The predicted octanol–water partition coefficient (Wildman–Crippen LogP) is 8.82. The molecule has 3 aromatic carbocycles. The van der Waals surface area contributed by atoms with Crippen LogP contribution in [-0.4, -0.2) is 5.97 Å². The highest BCUT2D eigenvalue weighted by Gasteiger charge is 2.39. The summed E-state index contributed by atoms with van der Waals surface area (Å²) in [4.78, 5) is 16.0. The monoisotopic (exact) mass is 448 g/mol. The first-order chi connectivity index (χ1) is 15.2. The molecule has 0 aliphatic heterocycles. The van der Waals surface area contributed by atoms with Crippen molar-refractivity contribution >= 4 is 16.3 Å². The van der Waals surface area contributed by atoms with Gasteiger partial charge in [0, 0.05) is 21.6 Å². The molecule has 170 valence electrons. The maximum Gasteiger partial charge on any atom is 0.313 e. The molecule has 0 amide bonds. The molecule has 3 heteroatoms. The van der Waals surface area contributed by atoms with Crippen molar-refractivity contribution in [3.8, 4) is 0 Å². The Kier molecular flexibility index (Phi) is 7.51. The Bertz CT molecular complexity index is 985. The lowest BCUT2D eigenvalue weighted by molar-refractivity contribution is -0.131. The fourth-order valence-electron chi connectivity index (χ4n) is 4.13. The molecule has 0 spiro atoms. The first-order valence-electron chi connectivity index (χ1n) is 11.5. The second-order valence-electron chi connectivity index (χ2n) is 9.25. The summed E-state index contributed by atoms with van der Waals surface area (Å²) in [6, 6.07) is 25.3. The van der Waals surface area contributed by atoms with Gasteiger partial charge in [-0.15, -0.1) is 0 Å². The molecule has 0 bridgehead atoms. The molecule has 0 aliphatic rings. The standard InChI is InChI=1S/C29H36O2S/c1-20(2)24-18-27(21(3)4)29(28(19-24)22(5)6)32(31-23(7)30,25-14-10-8-11-15-25)26-16-12-9-13-17-26/h8-22H,1-7H3. The molecule has 0 aliphatic carbocycles. The largest absolute Gasteiger partial charge is 0.402 e. The zero-order valence-electron chi connectivity index (χ0n) is 20.4. The minimum Gasteiger partial charge on any atom is -0.402 e. The molecule has 0 saturated carbocycles. The average Bonchev–Trinajstić information content (AvgIpc) is 2.77. The molecule has 0 radical (unpaired) electrons. The molecular formula is C29H36O2S. The summed E-state index contributed by atoms with van der Waals surface area (Å²) >= 11 is 0. The summed E-state index contributed by atoms with van der Waals surface area (Å²) in [6.45, 7) is 15.0. The van der Waals surface area contributed by atoms with Crippen LogP contribution in [0.4, 0.5) is 0 Å². The van der Waals surface area contributed by atoms with E-state index in [1.165, 1.54) is 28.5 Å². The lowest BCUT2D eigenvalue weighted by Crippen LogP contribution is -2.17. The van der Waals surface area contributed by atoms with Crippen LogP contribution in [0.2, 0.25) is 0 Å². The van der Waals surface area contributed by atoms with Gasteiger partial charge in [0.1, 0.15) is 0 Å². The quantitative estimate of drug-likeness (QED) is 0.361. The van der Waals surface area contributed by atoms with Crippen LogP contribution in [0.1, 0.15) is 82.9 Å². The zero-order valence-corrected chi connectivity index (χ0v) is 21.2. The molecule has 0 unspecified atom stereocenters. The van der Waals surface area contributed by atoms with Gasteiger partial charge in [0.15, 0.2) is 0 Å². The van der Waals surface area contributed by atoms with E-state index in [1.54, 1.807) is 0 Å². The lowest BCUT2D eigenvalue weighted by atomic mass is 9.89. The van der Waals surface area contributed by atoms with Crippen molar-refractivity contribution in [3.63, 3.8) is 0 Å². The van der Waals surface area contributed by atoms with Crippen molar-refractivity contribution in [2.45, 2.75) is 80.9 Å². The summed E-state index contributed by atoms with van der Waals surface area (Å²) in [5, 5.41) is 0. The Morgan fingerprint density at radius 2 is 1.09 bits per heavy atom. The molecule has 3 rings (SSSR count). The maximum absolute atomic E-state index is 12.7. The summed E-state index contributed by atoms with van der Waals surface area (Å²) < 4.78 is 6.52. The van der Waals surface area contributed by atoms with Crippen LogP contribution in [0.25, 0.3) is 0 Å². The topological polar surface area (TPSA) is 26.3 Å². The van der Waals surface area contributed by atoms with E-state index in [0.717, 1.165) is 9.79 Å². The van der Waals surface area contributed by atoms with Crippen molar-refractivity contribution in [3.05, 3.63) is 89.5 Å². The molecular weight excluding hydrogens is 412 g/mol. The molecule has 2 nitrogen and oxygen atoms in total. The number of hydrogen-bond donors (Lipinski definition) is 0. The van der Waals surface area contributed by atoms with Gasteiger partial charge in [-0.05, 0) is 69.0 Å². The highest BCUT2D eigenvalue weighted by atomic mass is 32.3. The van der Waals surface area contributed by atoms with Gasteiger partial charge in [-0.1, -0.05) is 90.1 Å². The first kappa shape index (κ1) is 24.1. The number of carbonyl (C=O) groups excluding carboxylic acids is 1. The molecule has 3 aromatic rings. The highest BCUT2D eigenvalue weighted by Crippen LogP contribution is 2.71. The van der Waals surface area contributed by atoms with E-state index < -0.39 is 10.3 Å². The van der Waals surface area contributed by atoms with Gasteiger partial charge in [-0.3, -0.25) is 4.79 Å². The molecule has 0 heterocycles. The number of rotatable bonds is 7. The molecule has 0 N–H and O–H groups in total. The summed E-state index contributed by atoms with van der Waals surface area (Å²) in [7, 11) is -2.28. The van der Waals surface area contributed by atoms with Crippen LogP contribution < -0.4 is 0 Å². The zero-order chi connectivity index (χ0) is 23.5. The Hall–Kier alpha value is -2.52. The van der Waals surface area contributed by atoms with Crippen LogP contribution in [0.15, 0.2) is 87.5 Å². The molecule has 32 heavy (non-hydrogen) atoms. The SMILES string of the molecule is CC(=O)OS(c1ccccc1)(c1ccccc1)c1c(C(C)C)cc(C(C)C)cc1C(C)C. The normalized spacial score (nSPS) is 12.4. The Morgan fingerprint density at radius 1 is 0.688 bits per heavy atom. The van der Waals surface area contributed by atoms with Gasteiger partial charge in [-0.25, -0.2) is 0 Å². The van der Waals surface area contributed by atoms with Gasteiger partial charge < -0.3 is 4.18 Å². The third kappa shape index (κ3) is 4.63. The van der Waals surface area contributed by atoms with E-state index in [4.69, 9.17) is 4.18 Å². The van der Waals surface area contributed by atoms with E-state index >= 15 is 0 Å². The Balaban J connectivity index is 2.57. The third-order valence-corrected chi connectivity index (χ3v) is 9.16. The van der Waals surface area contributed by atoms with Crippen molar-refractivity contribution < 1.29 is 8.98 Å². The van der Waals surface area contributed by atoms with Gasteiger partial charge in [0.2, 0.25) is 0 Å². The van der Waals surface area contributed by atoms with Crippen molar-refractivity contribution in [2.24, 2.45) is 0 Å². The van der Waals surface area contributed by atoms with Crippen molar-refractivity contribution in [1.82, 2.24) is 0 Å². The first-order valence-corrected chi connectivity index (χ1v) is 13.1. The van der Waals surface area contributed by atoms with Crippen LogP contribution in [-0.2, 0) is 8.98 Å². The van der Waals surface area contributed by atoms with Crippen LogP contribution in [0.3, 0.4) is 0 Å². The minimum atomic E-state index is -2.28. The summed E-state index contributed by atoms with van der Waals surface area (Å²) in [6.07, 6.45) is 0. The van der Waals surface area contributed by atoms with Crippen LogP contribution in [0, 0.1) is 0 Å². The van der Waals surface area contributed by atoms with E-state index in [9.17, 15) is 4.79 Å². The van der Waals surface area contributed by atoms with E-state index in [-0.39, 0.29) is 17.8 Å². The lowest BCUT2D eigenvalue weighted by Gasteiger charge is -2.43. The highest BCUT2D eigenvalue weighted by molar-refractivity contribution is 8.30. The summed E-state index contributed by atoms with van der Waals surface area (Å²) in [5.41, 5.74) is 3.87. The maximum atomic E-state index is 12.7. The fraction of sp³-hybridized carbons (Fsp3) is 0.345. The van der Waals surface area contributed by atoms with Crippen LogP contribution in [0.5, 0.6) is 0 Å². The second-order valence-corrected chi connectivity index (χ2v) is 11.9. The minimum absolute atomic E-state index is 0.259. The van der Waals surface area contributed by atoms with Gasteiger partial charge in [0.05, 0.1) is 0 Å². The molecule has 0 fully saturated rings. The predicted molar refractivity (Wildman–Crippen MR) is 136 cm³/mol. The second kappa shape index (κ2) is 9.95. The van der Waals surface area contributed by atoms with Crippen molar-refractivity contribution in [1.29, 1.82) is 0 Å². The number of hydrogen-bond acceptors (Lipinski definition) is 2. The smallest absolute Gasteiger partial charge is 0.313 e. The fourth-order valence-corrected chi connectivity index (χ4v) is 7.84. The number of benzene rings is 3. The Morgan fingerprint density at radius 3 is 1.41 bits per heavy atom. The van der Waals surface area contributed by atoms with E-state index in [0.29, 0.717) is 5.92 Å². The Labute approximate surface area is 195 Å². The third-order valence-electron chi connectivity index (χ3n) is 5.76. The van der Waals surface area contributed by atoms with E-state index in [2.05, 4.69) is 77.9 Å². The number of carbonyl (C=O) groups is 1. The van der Waals surface area contributed by atoms with Gasteiger partial charge in [0.25, 0.3) is 0 Å². The van der Waals surface area contributed by atoms with Gasteiger partial charge >= 0.3 is 5.97 Å². The summed E-state index contributed by atoms with van der Waals surface area (Å²) in [5.74, 6) is 0.739. The average molecular weight is 449 g/mol. The van der Waals surface area contributed by atoms with E-state index in [1.807, 2.05) is 36.4 Å². The molecule has 0 atom stereocenters. The molecule has 0 aromatic heterocycles. The van der Waals surface area contributed by atoms with Crippen LogP contribution >= 0.6 is 10.3 Å². The van der Waals surface area contributed by atoms with Gasteiger partial charge in [-0.2, -0.15) is 0 Å². The molecule has 0 saturated heterocycles.